The molecule has 3 rings (SSSR count). The number of H-pyrrole nitrogens is 1. The molecule has 0 aliphatic carbocycles. The van der Waals surface area contributed by atoms with Crippen LogP contribution in [-0.2, 0) is 0 Å². The fraction of sp³-hybridized carbons (Fsp3) is 0.375. The number of nitrogens with one attached hydrogen (secondary N) is 1. The van der Waals surface area contributed by atoms with Crippen molar-refractivity contribution in [3.05, 3.63) is 31.0 Å². The maximum atomic E-state index is 9.13. The molecule has 2 atom stereocenters. The van der Waals surface area contributed by atoms with Crippen molar-refractivity contribution in [2.24, 2.45) is 5.92 Å². The second kappa shape index (κ2) is 6.84. The lowest BCUT2D eigenvalue weighted by atomic mass is 10.0. The minimum atomic E-state index is 0.0738. The Balaban J connectivity index is 1.96. The summed E-state index contributed by atoms with van der Waals surface area (Å²) < 4.78 is 1.90. The Hall–Kier alpha value is -2.33. The molecule has 3 aromatic rings. The molecule has 0 unspecified atom stereocenters. The Bertz CT molecular complexity index is 830. The van der Waals surface area contributed by atoms with Crippen LogP contribution in [0.3, 0.4) is 0 Å². The number of aromatic nitrogens is 5. The Morgan fingerprint density at radius 3 is 3.09 bits per heavy atom. The zero-order valence-electron chi connectivity index (χ0n) is 13.1. The first-order valence-electron chi connectivity index (χ1n) is 7.43. The molecule has 7 heteroatoms. The highest BCUT2D eigenvalue weighted by Crippen LogP contribution is 2.28. The Morgan fingerprint density at radius 2 is 2.30 bits per heavy atom. The highest BCUT2D eigenvalue weighted by atomic mass is 32.2. The van der Waals surface area contributed by atoms with Gasteiger partial charge in [-0.05, 0) is 24.0 Å². The van der Waals surface area contributed by atoms with Gasteiger partial charge in [-0.3, -0.25) is 4.68 Å². The number of hydrogen-bond donors (Lipinski definition) is 1. The normalized spacial score (nSPS) is 13.8. The molecule has 23 heavy (non-hydrogen) atoms. The van der Waals surface area contributed by atoms with Gasteiger partial charge in [-0.25, -0.2) is 9.97 Å². The van der Waals surface area contributed by atoms with Gasteiger partial charge in [0.1, 0.15) is 12.0 Å². The molecule has 3 aromatic heterocycles. The number of thioether (sulfide) groups is 1. The first kappa shape index (κ1) is 15.6. The standard InChI is InChI=1S/C16H18N6S/c1-11(9-23-2)14(3-5-17)22-8-12(7-21-22)15-13-4-6-18-16(13)20-10-19-15/h4,6-8,10-11,14H,3,9H2,1-2H3,(H,18,19,20)/t11-,14+/m1/s1. The molecule has 0 amide bonds. The molecular weight excluding hydrogens is 308 g/mol. The average Bonchev–Trinajstić information content (AvgIpc) is 3.21. The van der Waals surface area contributed by atoms with E-state index in [9.17, 15) is 0 Å². The molecule has 118 valence electrons. The van der Waals surface area contributed by atoms with Gasteiger partial charge in [0.15, 0.2) is 0 Å². The summed E-state index contributed by atoms with van der Waals surface area (Å²) in [6.45, 7) is 2.16. The minimum Gasteiger partial charge on any atom is -0.346 e. The van der Waals surface area contributed by atoms with Crippen LogP contribution in [0.2, 0.25) is 0 Å². The van der Waals surface area contributed by atoms with Gasteiger partial charge < -0.3 is 4.98 Å². The van der Waals surface area contributed by atoms with Crippen LogP contribution >= 0.6 is 11.8 Å². The van der Waals surface area contributed by atoms with Gasteiger partial charge in [0.25, 0.3) is 0 Å². The van der Waals surface area contributed by atoms with E-state index in [4.69, 9.17) is 5.26 Å². The highest BCUT2D eigenvalue weighted by Gasteiger charge is 2.20. The lowest BCUT2D eigenvalue weighted by Crippen LogP contribution is -2.19. The molecule has 0 aromatic carbocycles. The van der Waals surface area contributed by atoms with Crippen LogP contribution in [0.1, 0.15) is 19.4 Å². The molecule has 0 spiro atoms. The van der Waals surface area contributed by atoms with Crippen LogP contribution in [0.5, 0.6) is 0 Å². The van der Waals surface area contributed by atoms with Crippen LogP contribution in [0.15, 0.2) is 31.0 Å². The Kier molecular flexibility index (Phi) is 4.63. The molecule has 3 heterocycles. The second-order valence-electron chi connectivity index (χ2n) is 5.53. The summed E-state index contributed by atoms with van der Waals surface area (Å²) in [4.78, 5) is 11.7. The maximum absolute atomic E-state index is 9.13. The van der Waals surface area contributed by atoms with Gasteiger partial charge in [0.05, 0.1) is 30.4 Å². The van der Waals surface area contributed by atoms with E-state index in [-0.39, 0.29) is 6.04 Å². The molecule has 0 radical (unpaired) electrons. The van der Waals surface area contributed by atoms with Gasteiger partial charge in [0.2, 0.25) is 0 Å². The van der Waals surface area contributed by atoms with Crippen LogP contribution in [0, 0.1) is 17.2 Å². The van der Waals surface area contributed by atoms with Crippen LogP contribution in [0.25, 0.3) is 22.3 Å². The SMILES string of the molecule is CSC[C@@H](C)[C@H](CC#N)n1cc(-c2ncnc3[nH]ccc23)cn1. The summed E-state index contributed by atoms with van der Waals surface area (Å²) in [6.07, 6.45) is 9.73. The van der Waals surface area contributed by atoms with E-state index in [2.05, 4.69) is 39.3 Å². The summed E-state index contributed by atoms with van der Waals surface area (Å²) in [5, 5.41) is 14.6. The summed E-state index contributed by atoms with van der Waals surface area (Å²) in [5.41, 5.74) is 2.61. The number of fused-ring (bicyclic) bond motifs is 1. The van der Waals surface area contributed by atoms with Gasteiger partial charge in [0, 0.05) is 23.3 Å². The molecular formula is C16H18N6S. The number of rotatable bonds is 6. The number of nitriles is 1. The third kappa shape index (κ3) is 3.08. The van der Waals surface area contributed by atoms with E-state index in [1.54, 1.807) is 18.1 Å². The third-order valence-corrected chi connectivity index (χ3v) is 4.81. The molecule has 0 fully saturated rings. The predicted molar refractivity (Wildman–Crippen MR) is 91.9 cm³/mol. The summed E-state index contributed by atoms with van der Waals surface area (Å²) in [7, 11) is 0. The quantitative estimate of drug-likeness (QED) is 0.751. The van der Waals surface area contributed by atoms with Crippen molar-refractivity contribution < 1.29 is 0 Å². The lowest BCUT2D eigenvalue weighted by molar-refractivity contribution is 0.357. The largest absolute Gasteiger partial charge is 0.346 e. The van der Waals surface area contributed by atoms with E-state index in [1.807, 2.05) is 29.3 Å². The van der Waals surface area contributed by atoms with E-state index < -0.39 is 0 Å². The third-order valence-electron chi connectivity index (χ3n) is 3.96. The van der Waals surface area contributed by atoms with Crippen molar-refractivity contribution in [2.75, 3.05) is 12.0 Å². The van der Waals surface area contributed by atoms with Crippen molar-refractivity contribution in [1.29, 1.82) is 5.26 Å². The zero-order valence-corrected chi connectivity index (χ0v) is 13.9. The number of nitrogens with zero attached hydrogens (tertiary/aromatic N) is 5. The van der Waals surface area contributed by atoms with Gasteiger partial charge in [-0.15, -0.1) is 0 Å². The molecule has 1 N–H and O–H groups in total. The van der Waals surface area contributed by atoms with E-state index in [0.717, 1.165) is 28.0 Å². The van der Waals surface area contributed by atoms with Crippen molar-refractivity contribution in [2.45, 2.75) is 19.4 Å². The Morgan fingerprint density at radius 1 is 1.43 bits per heavy atom. The summed E-state index contributed by atoms with van der Waals surface area (Å²) >= 11 is 1.79. The molecule has 0 saturated heterocycles. The molecule has 0 saturated carbocycles. The second-order valence-corrected chi connectivity index (χ2v) is 6.44. The molecule has 0 aliphatic rings. The van der Waals surface area contributed by atoms with Crippen molar-refractivity contribution in [1.82, 2.24) is 24.7 Å². The average molecular weight is 326 g/mol. The van der Waals surface area contributed by atoms with Gasteiger partial charge in [-0.1, -0.05) is 6.92 Å². The number of aromatic amines is 1. The van der Waals surface area contributed by atoms with E-state index >= 15 is 0 Å². The summed E-state index contributed by atoms with van der Waals surface area (Å²) in [5.74, 6) is 1.37. The van der Waals surface area contributed by atoms with E-state index in [1.165, 1.54) is 0 Å². The van der Waals surface area contributed by atoms with Crippen LogP contribution in [-0.4, -0.2) is 36.7 Å². The molecule has 0 aliphatic heterocycles. The van der Waals surface area contributed by atoms with Crippen molar-refractivity contribution >= 4 is 22.8 Å². The predicted octanol–water partition coefficient (Wildman–Crippen LogP) is 3.28. The van der Waals surface area contributed by atoms with E-state index in [0.29, 0.717) is 12.3 Å². The fourth-order valence-electron chi connectivity index (χ4n) is 2.77. The first-order valence-corrected chi connectivity index (χ1v) is 8.82. The summed E-state index contributed by atoms with van der Waals surface area (Å²) in [6, 6.07) is 4.32. The number of hydrogen-bond acceptors (Lipinski definition) is 5. The zero-order chi connectivity index (χ0) is 16.2. The maximum Gasteiger partial charge on any atom is 0.141 e. The van der Waals surface area contributed by atoms with Crippen molar-refractivity contribution in [3.63, 3.8) is 0 Å². The smallest absolute Gasteiger partial charge is 0.141 e. The monoisotopic (exact) mass is 326 g/mol. The minimum absolute atomic E-state index is 0.0738. The lowest BCUT2D eigenvalue weighted by Gasteiger charge is -2.21. The van der Waals surface area contributed by atoms with Crippen LogP contribution < -0.4 is 0 Å². The van der Waals surface area contributed by atoms with Gasteiger partial charge >= 0.3 is 0 Å². The highest BCUT2D eigenvalue weighted by molar-refractivity contribution is 7.98. The molecule has 6 nitrogen and oxygen atoms in total. The van der Waals surface area contributed by atoms with Crippen LogP contribution in [0.4, 0.5) is 0 Å². The first-order chi connectivity index (χ1) is 11.2. The topological polar surface area (TPSA) is 83.2 Å². The Labute approximate surface area is 138 Å². The fourth-order valence-corrected chi connectivity index (χ4v) is 3.51. The molecule has 0 bridgehead atoms. The van der Waals surface area contributed by atoms with Crippen molar-refractivity contribution in [3.8, 4) is 17.3 Å². The van der Waals surface area contributed by atoms with Gasteiger partial charge in [-0.2, -0.15) is 22.1 Å².